The predicted molar refractivity (Wildman–Crippen MR) is 76.5 cm³/mol. The number of anilines is 1. The van der Waals surface area contributed by atoms with Gasteiger partial charge < -0.3 is 14.7 Å². The van der Waals surface area contributed by atoms with Crippen LogP contribution in [0, 0.1) is 5.82 Å². The predicted octanol–water partition coefficient (Wildman–Crippen LogP) is 2.45. The van der Waals surface area contributed by atoms with Crippen molar-refractivity contribution in [3.63, 3.8) is 0 Å². The van der Waals surface area contributed by atoms with Gasteiger partial charge in [0, 0.05) is 5.56 Å². The molecule has 22 heavy (non-hydrogen) atoms. The van der Waals surface area contributed by atoms with E-state index >= 15 is 0 Å². The summed E-state index contributed by atoms with van der Waals surface area (Å²) in [7, 11) is 0. The van der Waals surface area contributed by atoms with E-state index in [9.17, 15) is 14.0 Å². The Morgan fingerprint density at radius 1 is 1.27 bits per heavy atom. The Morgan fingerprint density at radius 2 is 2.05 bits per heavy atom. The van der Waals surface area contributed by atoms with Gasteiger partial charge >= 0.3 is 5.97 Å². The molecule has 0 fully saturated rings. The minimum atomic E-state index is -1.10. The molecular formula is C16H12FNO4. The molecule has 1 aliphatic rings. The Kier molecular flexibility index (Phi) is 3.50. The van der Waals surface area contributed by atoms with Crippen molar-refractivity contribution in [2.45, 2.75) is 6.54 Å². The highest BCUT2D eigenvalue weighted by Gasteiger charge is 2.27. The van der Waals surface area contributed by atoms with Gasteiger partial charge in [0.05, 0.1) is 17.8 Å². The summed E-state index contributed by atoms with van der Waals surface area (Å²) in [6.07, 6.45) is 0. The van der Waals surface area contributed by atoms with Crippen LogP contribution in [0.1, 0.15) is 15.9 Å². The number of carbonyl (C=O) groups excluding carboxylic acids is 1. The number of ether oxygens (including phenoxy) is 1. The molecule has 0 spiro atoms. The number of nitrogens with zero attached hydrogens (tertiary/aromatic N) is 1. The first-order chi connectivity index (χ1) is 10.6. The zero-order chi connectivity index (χ0) is 15.7. The Morgan fingerprint density at radius 3 is 2.77 bits per heavy atom. The maximum atomic E-state index is 13.8. The lowest BCUT2D eigenvalue weighted by atomic mass is 10.1. The van der Waals surface area contributed by atoms with Crippen molar-refractivity contribution >= 4 is 17.6 Å². The number of halogens is 1. The van der Waals surface area contributed by atoms with E-state index in [-0.39, 0.29) is 24.6 Å². The van der Waals surface area contributed by atoms with Gasteiger partial charge in [-0.15, -0.1) is 0 Å². The van der Waals surface area contributed by atoms with Gasteiger partial charge in [-0.2, -0.15) is 0 Å². The molecule has 2 aromatic carbocycles. The summed E-state index contributed by atoms with van der Waals surface area (Å²) in [6.45, 7) is -0.140. The van der Waals surface area contributed by atoms with Crippen molar-refractivity contribution in [3.05, 3.63) is 59.4 Å². The van der Waals surface area contributed by atoms with Gasteiger partial charge in [-0.3, -0.25) is 4.79 Å². The molecule has 0 atom stereocenters. The maximum absolute atomic E-state index is 13.8. The Balaban J connectivity index is 2.01. The number of hydrogen-bond donors (Lipinski definition) is 1. The average molecular weight is 301 g/mol. The zero-order valence-electron chi connectivity index (χ0n) is 11.5. The van der Waals surface area contributed by atoms with Crippen LogP contribution < -0.4 is 9.64 Å². The summed E-state index contributed by atoms with van der Waals surface area (Å²) in [4.78, 5) is 24.5. The van der Waals surface area contributed by atoms with Gasteiger partial charge in [0.15, 0.2) is 6.61 Å². The van der Waals surface area contributed by atoms with Crippen LogP contribution in [0.2, 0.25) is 0 Å². The zero-order valence-corrected chi connectivity index (χ0v) is 11.5. The topological polar surface area (TPSA) is 66.8 Å². The van der Waals surface area contributed by atoms with Crippen LogP contribution in [0.4, 0.5) is 10.1 Å². The molecule has 0 saturated carbocycles. The highest BCUT2D eigenvalue weighted by Crippen LogP contribution is 2.34. The number of benzene rings is 2. The number of hydrogen-bond acceptors (Lipinski definition) is 3. The molecule has 1 N–H and O–H groups in total. The monoisotopic (exact) mass is 301 g/mol. The first kappa shape index (κ1) is 14.1. The van der Waals surface area contributed by atoms with Crippen molar-refractivity contribution in [2.24, 2.45) is 0 Å². The van der Waals surface area contributed by atoms with Gasteiger partial charge in [0.25, 0.3) is 5.91 Å². The molecule has 6 heteroatoms. The van der Waals surface area contributed by atoms with Crippen LogP contribution in [-0.4, -0.2) is 23.6 Å². The van der Waals surface area contributed by atoms with Crippen LogP contribution in [0.25, 0.3) is 0 Å². The summed E-state index contributed by atoms with van der Waals surface area (Å²) in [5.41, 5.74) is 0.722. The van der Waals surface area contributed by atoms with Crippen molar-refractivity contribution in [1.29, 1.82) is 0 Å². The lowest BCUT2D eigenvalue weighted by molar-refractivity contribution is -0.121. The molecule has 0 unspecified atom stereocenters. The molecular weight excluding hydrogens is 289 g/mol. The van der Waals surface area contributed by atoms with Crippen LogP contribution in [-0.2, 0) is 11.3 Å². The van der Waals surface area contributed by atoms with Gasteiger partial charge in [-0.05, 0) is 24.3 Å². The minimum Gasteiger partial charge on any atom is -0.482 e. The molecule has 0 saturated heterocycles. The summed E-state index contributed by atoms with van der Waals surface area (Å²) in [6, 6.07) is 10.4. The largest absolute Gasteiger partial charge is 0.482 e. The normalized spacial score (nSPS) is 13.5. The highest BCUT2D eigenvalue weighted by molar-refractivity contribution is 5.99. The third kappa shape index (κ3) is 2.50. The molecule has 112 valence electrons. The number of carbonyl (C=O) groups is 2. The number of rotatable bonds is 3. The molecule has 1 amide bonds. The molecule has 0 radical (unpaired) electrons. The van der Waals surface area contributed by atoms with Gasteiger partial charge in [-0.25, -0.2) is 9.18 Å². The second-order valence-electron chi connectivity index (χ2n) is 4.85. The van der Waals surface area contributed by atoms with Crippen molar-refractivity contribution < 1.29 is 23.8 Å². The fourth-order valence-electron chi connectivity index (χ4n) is 2.31. The lowest BCUT2D eigenvalue weighted by Gasteiger charge is -2.29. The molecule has 3 rings (SSSR count). The van der Waals surface area contributed by atoms with Crippen LogP contribution in [0.3, 0.4) is 0 Å². The Hall–Kier alpha value is -2.89. The first-order valence-electron chi connectivity index (χ1n) is 6.60. The third-order valence-corrected chi connectivity index (χ3v) is 3.44. The van der Waals surface area contributed by atoms with E-state index in [1.54, 1.807) is 18.2 Å². The van der Waals surface area contributed by atoms with E-state index in [0.29, 0.717) is 17.0 Å². The van der Waals surface area contributed by atoms with Crippen LogP contribution in [0.15, 0.2) is 42.5 Å². The Labute approximate surface area is 125 Å². The summed E-state index contributed by atoms with van der Waals surface area (Å²) in [5.74, 6) is -1.47. The second kappa shape index (κ2) is 5.48. The fourth-order valence-corrected chi connectivity index (χ4v) is 2.31. The molecule has 1 heterocycles. The quantitative estimate of drug-likeness (QED) is 0.945. The van der Waals surface area contributed by atoms with Gasteiger partial charge in [0.2, 0.25) is 0 Å². The maximum Gasteiger partial charge on any atom is 0.335 e. The van der Waals surface area contributed by atoms with Gasteiger partial charge in [-0.1, -0.05) is 18.2 Å². The molecule has 0 aliphatic carbocycles. The van der Waals surface area contributed by atoms with Crippen LogP contribution >= 0.6 is 0 Å². The summed E-state index contributed by atoms with van der Waals surface area (Å²) in [5, 5.41) is 9.07. The fraction of sp³-hybridized carbons (Fsp3) is 0.125. The SMILES string of the molecule is O=C(O)c1ccc2c(c1)N(Cc1ccccc1F)C(=O)CO2. The standard InChI is InChI=1S/C16H12FNO4/c17-12-4-2-1-3-11(12)8-18-13-7-10(16(20)21)5-6-14(13)22-9-15(18)19/h1-7H,8-9H2,(H,20,21). The molecule has 0 aromatic heterocycles. The third-order valence-electron chi connectivity index (χ3n) is 3.44. The number of carboxylic acids is 1. The van der Waals surface area contributed by atoms with Crippen LogP contribution in [0.5, 0.6) is 5.75 Å². The lowest BCUT2D eigenvalue weighted by Crippen LogP contribution is -2.38. The Bertz CT molecular complexity index is 760. The van der Waals surface area contributed by atoms with E-state index in [1.165, 1.54) is 29.2 Å². The second-order valence-corrected chi connectivity index (χ2v) is 4.85. The van der Waals surface area contributed by atoms with Crippen molar-refractivity contribution in [3.8, 4) is 5.75 Å². The number of aromatic carboxylic acids is 1. The van der Waals surface area contributed by atoms with E-state index in [0.717, 1.165) is 0 Å². The van der Waals surface area contributed by atoms with E-state index < -0.39 is 11.8 Å². The number of fused-ring (bicyclic) bond motifs is 1. The number of carboxylic acid groups (broad SMARTS) is 1. The smallest absolute Gasteiger partial charge is 0.335 e. The van der Waals surface area contributed by atoms with E-state index in [2.05, 4.69) is 0 Å². The summed E-state index contributed by atoms with van der Waals surface area (Å²) < 4.78 is 19.1. The molecule has 2 aromatic rings. The highest BCUT2D eigenvalue weighted by atomic mass is 19.1. The molecule has 1 aliphatic heterocycles. The van der Waals surface area contributed by atoms with E-state index in [4.69, 9.17) is 9.84 Å². The molecule has 0 bridgehead atoms. The minimum absolute atomic E-state index is 0.0188. The number of amides is 1. The van der Waals surface area contributed by atoms with Gasteiger partial charge in [0.1, 0.15) is 11.6 Å². The summed E-state index contributed by atoms with van der Waals surface area (Å²) >= 11 is 0. The van der Waals surface area contributed by atoms with E-state index in [1.807, 2.05) is 0 Å². The molecule has 5 nitrogen and oxygen atoms in total. The van der Waals surface area contributed by atoms with Crippen molar-refractivity contribution in [1.82, 2.24) is 0 Å². The first-order valence-corrected chi connectivity index (χ1v) is 6.60. The average Bonchev–Trinajstić information content (AvgIpc) is 2.51. The van der Waals surface area contributed by atoms with Crippen molar-refractivity contribution in [2.75, 3.05) is 11.5 Å².